The Morgan fingerprint density at radius 1 is 1.40 bits per heavy atom. The Bertz CT molecular complexity index is 271. The first-order valence-corrected chi connectivity index (χ1v) is 5.58. The van der Waals surface area contributed by atoms with Gasteiger partial charge >= 0.3 is 6.09 Å². The van der Waals surface area contributed by atoms with Crippen LogP contribution in [-0.4, -0.2) is 39.9 Å². The van der Waals surface area contributed by atoms with Crippen molar-refractivity contribution in [2.24, 2.45) is 0 Å². The van der Waals surface area contributed by atoms with Crippen molar-refractivity contribution in [3.8, 4) is 0 Å². The third-order valence-electron chi connectivity index (χ3n) is 3.11. The van der Waals surface area contributed by atoms with Crippen LogP contribution in [0.25, 0.3) is 0 Å². The van der Waals surface area contributed by atoms with Gasteiger partial charge in [0, 0.05) is 6.04 Å². The number of carbonyl (C=O) groups is 1. The van der Waals surface area contributed by atoms with Gasteiger partial charge in [-0.2, -0.15) is 0 Å². The van der Waals surface area contributed by atoms with Crippen LogP contribution in [0.3, 0.4) is 0 Å². The van der Waals surface area contributed by atoms with E-state index in [1.54, 1.807) is 4.90 Å². The Balaban J connectivity index is 2.03. The zero-order valence-electron chi connectivity index (χ0n) is 9.56. The van der Waals surface area contributed by atoms with Crippen molar-refractivity contribution in [3.63, 3.8) is 0 Å². The van der Waals surface area contributed by atoms with Crippen molar-refractivity contribution in [3.05, 3.63) is 0 Å². The van der Waals surface area contributed by atoms with Gasteiger partial charge in [-0.25, -0.2) is 4.79 Å². The Hall–Kier alpha value is -0.770. The van der Waals surface area contributed by atoms with Crippen molar-refractivity contribution >= 4 is 6.09 Å². The summed E-state index contributed by atoms with van der Waals surface area (Å²) in [6, 6.07) is 0.185. The van der Waals surface area contributed by atoms with Gasteiger partial charge in [0.25, 0.3) is 0 Å². The van der Waals surface area contributed by atoms with Crippen LogP contribution in [0.4, 0.5) is 4.79 Å². The standard InChI is InChI=1S/C11H19NO3/c1-11(2,3)15-10(14)12-7-4-5-8(12)9(13)6-7/h7-9,13H,4-6H2,1-3H3/t7?,8-,9?/m0/s1. The fraction of sp³-hybridized carbons (Fsp3) is 0.909. The van der Waals surface area contributed by atoms with E-state index in [4.69, 9.17) is 4.74 Å². The molecular formula is C11H19NO3. The maximum absolute atomic E-state index is 11.9. The minimum atomic E-state index is -0.454. The minimum absolute atomic E-state index is 0.00940. The molecule has 3 atom stereocenters. The van der Waals surface area contributed by atoms with Crippen LogP contribution in [0.1, 0.15) is 40.0 Å². The zero-order chi connectivity index (χ0) is 11.2. The molecule has 86 valence electrons. The zero-order valence-corrected chi connectivity index (χ0v) is 9.56. The van der Waals surface area contributed by atoms with E-state index >= 15 is 0 Å². The molecule has 0 spiro atoms. The molecule has 15 heavy (non-hydrogen) atoms. The normalized spacial score (nSPS) is 34.7. The van der Waals surface area contributed by atoms with Crippen molar-refractivity contribution in [1.82, 2.24) is 4.90 Å². The molecule has 0 aromatic rings. The van der Waals surface area contributed by atoms with Crippen molar-refractivity contribution in [2.75, 3.05) is 0 Å². The molecule has 0 aliphatic carbocycles. The maximum atomic E-state index is 11.9. The van der Waals surface area contributed by atoms with Gasteiger partial charge in [-0.05, 0) is 40.0 Å². The molecule has 2 saturated heterocycles. The molecule has 0 aromatic carbocycles. The highest BCUT2D eigenvalue weighted by Gasteiger charge is 2.49. The van der Waals surface area contributed by atoms with Crippen LogP contribution >= 0.6 is 0 Å². The molecule has 1 N–H and O–H groups in total. The molecule has 2 rings (SSSR count). The van der Waals surface area contributed by atoms with Gasteiger partial charge < -0.3 is 9.84 Å². The minimum Gasteiger partial charge on any atom is -0.444 e. The van der Waals surface area contributed by atoms with Crippen molar-refractivity contribution < 1.29 is 14.6 Å². The van der Waals surface area contributed by atoms with Gasteiger partial charge in [0.1, 0.15) is 5.60 Å². The fourth-order valence-electron chi connectivity index (χ4n) is 2.56. The van der Waals surface area contributed by atoms with Crippen molar-refractivity contribution in [2.45, 2.75) is 63.8 Å². The van der Waals surface area contributed by atoms with E-state index in [9.17, 15) is 9.90 Å². The first-order valence-electron chi connectivity index (χ1n) is 5.58. The van der Waals surface area contributed by atoms with Crippen molar-refractivity contribution in [1.29, 1.82) is 0 Å². The SMILES string of the molecule is CC(C)(C)OC(=O)N1C2CC[C@H]1C(O)C2. The smallest absolute Gasteiger partial charge is 0.410 e. The lowest BCUT2D eigenvalue weighted by Gasteiger charge is -2.27. The van der Waals surface area contributed by atoms with E-state index in [1.807, 2.05) is 20.8 Å². The highest BCUT2D eigenvalue weighted by molar-refractivity contribution is 5.70. The molecule has 2 aliphatic heterocycles. The molecule has 2 fully saturated rings. The number of nitrogens with zero attached hydrogens (tertiary/aromatic N) is 1. The predicted molar refractivity (Wildman–Crippen MR) is 55.5 cm³/mol. The summed E-state index contributed by atoms with van der Waals surface area (Å²) < 4.78 is 5.33. The summed E-state index contributed by atoms with van der Waals surface area (Å²) in [6.07, 6.45) is 2.00. The lowest BCUT2D eigenvalue weighted by atomic mass is 9.98. The van der Waals surface area contributed by atoms with E-state index in [0.717, 1.165) is 12.8 Å². The second kappa shape index (κ2) is 3.37. The van der Waals surface area contributed by atoms with Gasteiger partial charge in [-0.3, -0.25) is 4.90 Å². The summed E-state index contributed by atoms with van der Waals surface area (Å²) in [5.41, 5.74) is -0.454. The average molecular weight is 213 g/mol. The Morgan fingerprint density at radius 2 is 2.07 bits per heavy atom. The number of aliphatic hydroxyl groups is 1. The summed E-state index contributed by atoms with van der Waals surface area (Å²) in [7, 11) is 0. The highest BCUT2D eigenvalue weighted by Crippen LogP contribution is 2.38. The van der Waals surface area contributed by atoms with E-state index in [2.05, 4.69) is 0 Å². The molecule has 0 aromatic heterocycles. The fourth-order valence-corrected chi connectivity index (χ4v) is 2.56. The second-order valence-corrected chi connectivity index (χ2v) is 5.49. The van der Waals surface area contributed by atoms with Gasteiger partial charge in [0.2, 0.25) is 0 Å². The topological polar surface area (TPSA) is 49.8 Å². The molecule has 2 aliphatic rings. The molecule has 1 amide bonds. The molecule has 4 nitrogen and oxygen atoms in total. The molecular weight excluding hydrogens is 194 g/mol. The molecule has 4 heteroatoms. The summed E-state index contributed by atoms with van der Waals surface area (Å²) in [5.74, 6) is 0. The molecule has 2 unspecified atom stereocenters. The molecule has 0 radical (unpaired) electrons. The second-order valence-electron chi connectivity index (χ2n) is 5.49. The quantitative estimate of drug-likeness (QED) is 0.663. The van der Waals surface area contributed by atoms with Crippen LogP contribution < -0.4 is 0 Å². The van der Waals surface area contributed by atoms with Crippen LogP contribution in [0.15, 0.2) is 0 Å². The number of hydrogen-bond acceptors (Lipinski definition) is 3. The van der Waals surface area contributed by atoms with E-state index < -0.39 is 5.60 Å². The number of fused-ring (bicyclic) bond motifs is 2. The summed E-state index contributed by atoms with van der Waals surface area (Å²) in [6.45, 7) is 5.58. The Kier molecular flexibility index (Phi) is 2.41. The first kappa shape index (κ1) is 10.7. The largest absolute Gasteiger partial charge is 0.444 e. The summed E-state index contributed by atoms with van der Waals surface area (Å²) in [4.78, 5) is 13.6. The summed E-state index contributed by atoms with van der Waals surface area (Å²) >= 11 is 0. The van der Waals surface area contributed by atoms with Crippen LogP contribution in [0, 0.1) is 0 Å². The highest BCUT2D eigenvalue weighted by atomic mass is 16.6. The van der Waals surface area contributed by atoms with E-state index in [-0.39, 0.29) is 24.3 Å². The number of hydrogen-bond donors (Lipinski definition) is 1. The number of carbonyl (C=O) groups excluding carboxylic acids is 1. The Morgan fingerprint density at radius 3 is 2.47 bits per heavy atom. The van der Waals surface area contributed by atoms with Gasteiger partial charge in [-0.15, -0.1) is 0 Å². The average Bonchev–Trinajstić information content (AvgIpc) is 2.55. The van der Waals surface area contributed by atoms with Gasteiger partial charge in [-0.1, -0.05) is 0 Å². The predicted octanol–water partition coefficient (Wildman–Crippen LogP) is 1.52. The number of amides is 1. The third-order valence-corrected chi connectivity index (χ3v) is 3.11. The Labute approximate surface area is 90.2 Å². The van der Waals surface area contributed by atoms with E-state index in [0.29, 0.717) is 6.42 Å². The van der Waals surface area contributed by atoms with Crippen LogP contribution in [0.2, 0.25) is 0 Å². The molecule has 2 heterocycles. The third kappa shape index (κ3) is 1.95. The lowest BCUT2D eigenvalue weighted by Crippen LogP contribution is -2.41. The molecule has 2 bridgehead atoms. The maximum Gasteiger partial charge on any atom is 0.410 e. The first-order chi connectivity index (χ1) is 6.88. The number of ether oxygens (including phenoxy) is 1. The van der Waals surface area contributed by atoms with E-state index in [1.165, 1.54) is 0 Å². The van der Waals surface area contributed by atoms with Gasteiger partial charge in [0.05, 0.1) is 12.1 Å². The lowest BCUT2D eigenvalue weighted by molar-refractivity contribution is 0.0170. The monoisotopic (exact) mass is 213 g/mol. The summed E-state index contributed by atoms with van der Waals surface area (Å²) in [5, 5.41) is 9.69. The number of aliphatic hydroxyl groups excluding tert-OH is 1. The van der Waals surface area contributed by atoms with Crippen LogP contribution in [-0.2, 0) is 4.74 Å². The number of rotatable bonds is 0. The van der Waals surface area contributed by atoms with Gasteiger partial charge in [0.15, 0.2) is 0 Å². The molecule has 0 saturated carbocycles. The van der Waals surface area contributed by atoms with Crippen LogP contribution in [0.5, 0.6) is 0 Å².